The molecular formula is C12H12N2O2. The molecule has 2 rings (SSSR count). The van der Waals surface area contributed by atoms with Crippen molar-refractivity contribution in [3.8, 4) is 0 Å². The van der Waals surface area contributed by atoms with Crippen molar-refractivity contribution in [1.29, 1.82) is 0 Å². The van der Waals surface area contributed by atoms with Crippen LogP contribution in [0.3, 0.4) is 0 Å². The fourth-order valence-corrected chi connectivity index (χ4v) is 1.32. The van der Waals surface area contributed by atoms with Crippen LogP contribution in [0.1, 0.15) is 16.1 Å². The van der Waals surface area contributed by atoms with Crippen LogP contribution in [-0.4, -0.2) is 5.91 Å². The number of benzene rings is 1. The molecule has 0 spiro atoms. The molecule has 1 amide bonds. The van der Waals surface area contributed by atoms with E-state index >= 15 is 0 Å². The fraction of sp³-hybridized carbons (Fsp3) is 0.0833. The Labute approximate surface area is 93.1 Å². The van der Waals surface area contributed by atoms with Crippen molar-refractivity contribution in [2.45, 2.75) is 6.54 Å². The molecule has 3 N–H and O–H groups in total. The van der Waals surface area contributed by atoms with E-state index in [0.29, 0.717) is 17.8 Å². The number of rotatable bonds is 3. The molecule has 4 heteroatoms. The van der Waals surface area contributed by atoms with E-state index in [1.807, 2.05) is 6.07 Å². The van der Waals surface area contributed by atoms with Gasteiger partial charge >= 0.3 is 0 Å². The molecule has 2 aromatic rings. The first-order valence-electron chi connectivity index (χ1n) is 4.92. The number of hydrogen-bond acceptors (Lipinski definition) is 3. The highest BCUT2D eigenvalue weighted by Crippen LogP contribution is 2.06. The quantitative estimate of drug-likeness (QED) is 0.768. The van der Waals surface area contributed by atoms with Crippen LogP contribution in [0.4, 0.5) is 5.69 Å². The molecule has 1 aromatic carbocycles. The van der Waals surface area contributed by atoms with Crippen molar-refractivity contribution >= 4 is 11.6 Å². The lowest BCUT2D eigenvalue weighted by Gasteiger charge is -2.03. The molecule has 0 bridgehead atoms. The van der Waals surface area contributed by atoms with Crippen LogP contribution in [0.5, 0.6) is 0 Å². The van der Waals surface area contributed by atoms with E-state index in [9.17, 15) is 4.79 Å². The van der Waals surface area contributed by atoms with Gasteiger partial charge in [-0.3, -0.25) is 4.79 Å². The lowest BCUT2D eigenvalue weighted by Crippen LogP contribution is -2.22. The van der Waals surface area contributed by atoms with Gasteiger partial charge in [0, 0.05) is 11.3 Å². The van der Waals surface area contributed by atoms with Crippen molar-refractivity contribution in [1.82, 2.24) is 5.32 Å². The molecule has 0 fully saturated rings. The van der Waals surface area contributed by atoms with Gasteiger partial charge in [-0.05, 0) is 36.4 Å². The average molecular weight is 216 g/mol. The number of carbonyl (C=O) groups is 1. The molecule has 0 saturated carbocycles. The van der Waals surface area contributed by atoms with Gasteiger partial charge in [0.1, 0.15) is 5.76 Å². The molecular weight excluding hydrogens is 204 g/mol. The summed E-state index contributed by atoms with van der Waals surface area (Å²) in [7, 11) is 0. The molecule has 1 heterocycles. The van der Waals surface area contributed by atoms with Crippen LogP contribution >= 0.6 is 0 Å². The summed E-state index contributed by atoms with van der Waals surface area (Å²) in [5.41, 5.74) is 6.76. The summed E-state index contributed by atoms with van der Waals surface area (Å²) in [5.74, 6) is 0.584. The van der Waals surface area contributed by atoms with Gasteiger partial charge < -0.3 is 15.5 Å². The van der Waals surface area contributed by atoms with Gasteiger partial charge in [-0.25, -0.2) is 0 Å². The zero-order chi connectivity index (χ0) is 11.4. The van der Waals surface area contributed by atoms with E-state index in [1.165, 1.54) is 0 Å². The summed E-state index contributed by atoms with van der Waals surface area (Å²) in [4.78, 5) is 11.7. The normalized spacial score (nSPS) is 10.0. The standard InChI is InChI=1S/C12H12N2O2/c13-10-5-3-9(4-6-10)12(15)14-8-11-2-1-7-16-11/h1-7H,8,13H2,(H,14,15). The largest absolute Gasteiger partial charge is 0.467 e. The number of nitrogens with two attached hydrogens (primary N) is 1. The Hall–Kier alpha value is -2.23. The maximum Gasteiger partial charge on any atom is 0.251 e. The number of nitrogens with one attached hydrogen (secondary N) is 1. The lowest BCUT2D eigenvalue weighted by atomic mass is 10.2. The van der Waals surface area contributed by atoms with Gasteiger partial charge in [0.25, 0.3) is 5.91 Å². The van der Waals surface area contributed by atoms with Crippen molar-refractivity contribution < 1.29 is 9.21 Å². The second kappa shape index (κ2) is 4.53. The summed E-state index contributed by atoms with van der Waals surface area (Å²) in [5, 5.41) is 2.75. The third kappa shape index (κ3) is 2.42. The topological polar surface area (TPSA) is 68.3 Å². The van der Waals surface area contributed by atoms with Gasteiger partial charge in [-0.15, -0.1) is 0 Å². The summed E-state index contributed by atoms with van der Waals surface area (Å²) < 4.78 is 5.10. The average Bonchev–Trinajstić information content (AvgIpc) is 2.80. The van der Waals surface area contributed by atoms with Crippen LogP contribution in [0.25, 0.3) is 0 Å². The van der Waals surface area contributed by atoms with Crippen molar-refractivity contribution in [3.63, 3.8) is 0 Å². The van der Waals surface area contributed by atoms with Gasteiger partial charge in [0.05, 0.1) is 12.8 Å². The monoisotopic (exact) mass is 216 g/mol. The Morgan fingerprint density at radius 3 is 2.62 bits per heavy atom. The summed E-state index contributed by atoms with van der Waals surface area (Å²) in [6.45, 7) is 0.385. The van der Waals surface area contributed by atoms with Crippen LogP contribution in [0.15, 0.2) is 47.1 Å². The van der Waals surface area contributed by atoms with Gasteiger partial charge in [-0.1, -0.05) is 0 Å². The number of hydrogen-bond donors (Lipinski definition) is 2. The molecule has 0 saturated heterocycles. The van der Waals surface area contributed by atoms with Gasteiger partial charge in [0.2, 0.25) is 0 Å². The lowest BCUT2D eigenvalue weighted by molar-refractivity contribution is 0.0948. The maximum atomic E-state index is 11.7. The van der Waals surface area contributed by atoms with Crippen molar-refractivity contribution in [3.05, 3.63) is 54.0 Å². The highest BCUT2D eigenvalue weighted by molar-refractivity contribution is 5.94. The van der Waals surface area contributed by atoms with Crippen molar-refractivity contribution in [2.75, 3.05) is 5.73 Å². The van der Waals surface area contributed by atoms with Gasteiger partial charge in [-0.2, -0.15) is 0 Å². The highest BCUT2D eigenvalue weighted by atomic mass is 16.3. The van der Waals surface area contributed by atoms with Crippen LogP contribution < -0.4 is 11.1 Å². The SMILES string of the molecule is Nc1ccc(C(=O)NCc2ccco2)cc1. The van der Waals surface area contributed by atoms with E-state index in [0.717, 1.165) is 5.76 Å². The molecule has 1 aromatic heterocycles. The Bertz CT molecular complexity index is 460. The Morgan fingerprint density at radius 1 is 1.25 bits per heavy atom. The fourth-order valence-electron chi connectivity index (χ4n) is 1.32. The zero-order valence-corrected chi connectivity index (χ0v) is 8.64. The van der Waals surface area contributed by atoms with Crippen LogP contribution in [0.2, 0.25) is 0 Å². The first-order chi connectivity index (χ1) is 7.75. The van der Waals surface area contributed by atoms with E-state index in [1.54, 1.807) is 36.6 Å². The predicted octanol–water partition coefficient (Wildman–Crippen LogP) is 1.79. The van der Waals surface area contributed by atoms with E-state index in [2.05, 4.69) is 5.32 Å². The molecule has 0 aliphatic rings. The summed E-state index contributed by atoms with van der Waals surface area (Å²) in [6.07, 6.45) is 1.57. The summed E-state index contributed by atoms with van der Waals surface area (Å²) >= 11 is 0. The third-order valence-corrected chi connectivity index (χ3v) is 2.18. The minimum Gasteiger partial charge on any atom is -0.467 e. The predicted molar refractivity (Wildman–Crippen MR) is 60.7 cm³/mol. The van der Waals surface area contributed by atoms with E-state index in [4.69, 9.17) is 10.2 Å². The first-order valence-corrected chi connectivity index (χ1v) is 4.92. The molecule has 4 nitrogen and oxygen atoms in total. The molecule has 0 radical (unpaired) electrons. The minimum absolute atomic E-state index is 0.142. The molecule has 0 atom stereocenters. The molecule has 0 aliphatic heterocycles. The van der Waals surface area contributed by atoms with Crippen LogP contribution in [0, 0.1) is 0 Å². The minimum atomic E-state index is -0.142. The second-order valence-corrected chi connectivity index (χ2v) is 3.38. The molecule has 0 aliphatic carbocycles. The number of furan rings is 1. The Morgan fingerprint density at radius 2 is 2.00 bits per heavy atom. The molecule has 0 unspecified atom stereocenters. The second-order valence-electron chi connectivity index (χ2n) is 3.38. The maximum absolute atomic E-state index is 11.7. The Kier molecular flexibility index (Phi) is 2.91. The third-order valence-electron chi connectivity index (χ3n) is 2.18. The number of carbonyl (C=O) groups excluding carboxylic acids is 1. The first kappa shape index (κ1) is 10.3. The van der Waals surface area contributed by atoms with Crippen molar-refractivity contribution in [2.24, 2.45) is 0 Å². The number of amides is 1. The zero-order valence-electron chi connectivity index (χ0n) is 8.64. The Balaban J connectivity index is 1.95. The van der Waals surface area contributed by atoms with E-state index in [-0.39, 0.29) is 5.91 Å². The smallest absolute Gasteiger partial charge is 0.251 e. The number of anilines is 1. The summed E-state index contributed by atoms with van der Waals surface area (Å²) in [6, 6.07) is 10.4. The van der Waals surface area contributed by atoms with Gasteiger partial charge in [0.15, 0.2) is 0 Å². The molecule has 82 valence electrons. The number of nitrogen functional groups attached to an aromatic ring is 1. The van der Waals surface area contributed by atoms with E-state index < -0.39 is 0 Å². The highest BCUT2D eigenvalue weighted by Gasteiger charge is 2.05. The van der Waals surface area contributed by atoms with Crippen LogP contribution in [-0.2, 0) is 6.54 Å². The molecule has 16 heavy (non-hydrogen) atoms.